The van der Waals surface area contributed by atoms with Gasteiger partial charge in [0.2, 0.25) is 0 Å². The van der Waals surface area contributed by atoms with Crippen LogP contribution >= 0.6 is 0 Å². The van der Waals surface area contributed by atoms with Crippen molar-refractivity contribution in [3.8, 4) is 12.1 Å². The Kier molecular flexibility index (Phi) is 4.90. The summed E-state index contributed by atoms with van der Waals surface area (Å²) in [5.41, 5.74) is 4.17. The van der Waals surface area contributed by atoms with Gasteiger partial charge in [-0.15, -0.1) is 0 Å². The Hall–Kier alpha value is -3.82. The van der Waals surface area contributed by atoms with E-state index in [1.165, 1.54) is 6.08 Å². The third-order valence-corrected chi connectivity index (χ3v) is 3.79. The van der Waals surface area contributed by atoms with Crippen LogP contribution in [0.1, 0.15) is 5.56 Å². The summed E-state index contributed by atoms with van der Waals surface area (Å²) in [6.07, 6.45) is 1.27. The van der Waals surface area contributed by atoms with E-state index in [2.05, 4.69) is 35.2 Å². The highest BCUT2D eigenvalue weighted by atomic mass is 15.1. The summed E-state index contributed by atoms with van der Waals surface area (Å²) in [7, 11) is 0. The van der Waals surface area contributed by atoms with Gasteiger partial charge in [-0.05, 0) is 42.0 Å². The van der Waals surface area contributed by atoms with Crippen molar-refractivity contribution in [3.05, 3.63) is 96.6 Å². The maximum absolute atomic E-state index is 9.17. The molecule has 0 bridgehead atoms. The van der Waals surface area contributed by atoms with Crippen molar-refractivity contribution < 1.29 is 0 Å². The highest BCUT2D eigenvalue weighted by Crippen LogP contribution is 2.34. The molecule has 0 atom stereocenters. The molecular weight excluding hydrogens is 306 g/mol. The van der Waals surface area contributed by atoms with Gasteiger partial charge in [0.05, 0.1) is 11.6 Å². The highest BCUT2D eigenvalue weighted by Gasteiger charge is 2.12. The SMILES string of the molecule is N#CC=C(C#N)c1ccc(N(c2ccccc2)c2ccccc2)cc1. The average Bonchev–Trinajstić information content (AvgIpc) is 2.69. The van der Waals surface area contributed by atoms with Gasteiger partial charge in [-0.3, -0.25) is 0 Å². The molecule has 0 aliphatic rings. The molecule has 0 fully saturated rings. The molecule has 0 radical (unpaired) electrons. The number of rotatable bonds is 4. The lowest BCUT2D eigenvalue weighted by atomic mass is 10.1. The van der Waals surface area contributed by atoms with Gasteiger partial charge in [-0.2, -0.15) is 10.5 Å². The van der Waals surface area contributed by atoms with Gasteiger partial charge in [-0.1, -0.05) is 48.5 Å². The third kappa shape index (κ3) is 3.58. The monoisotopic (exact) mass is 321 g/mol. The van der Waals surface area contributed by atoms with Crippen LogP contribution in [0, 0.1) is 22.7 Å². The second-order valence-electron chi connectivity index (χ2n) is 5.35. The Labute approximate surface area is 147 Å². The normalized spacial score (nSPS) is 10.6. The molecular formula is C22H15N3. The Morgan fingerprint density at radius 2 is 1.16 bits per heavy atom. The first-order valence-electron chi connectivity index (χ1n) is 7.84. The fourth-order valence-electron chi connectivity index (χ4n) is 2.64. The van der Waals surface area contributed by atoms with Gasteiger partial charge in [0, 0.05) is 23.1 Å². The van der Waals surface area contributed by atoms with E-state index in [1.807, 2.05) is 66.7 Å². The fraction of sp³-hybridized carbons (Fsp3) is 0. The van der Waals surface area contributed by atoms with Crippen LogP contribution in [0.5, 0.6) is 0 Å². The van der Waals surface area contributed by atoms with Gasteiger partial charge in [0.1, 0.15) is 6.07 Å². The number of para-hydroxylation sites is 2. The standard InChI is InChI=1S/C22H15N3/c23-16-15-19(17-24)18-11-13-22(14-12-18)25(20-7-3-1-4-8-20)21-9-5-2-6-10-21/h1-15H. The predicted octanol–water partition coefficient (Wildman–Crippen LogP) is 5.59. The minimum atomic E-state index is 0.361. The predicted molar refractivity (Wildman–Crippen MR) is 100 cm³/mol. The molecule has 0 unspecified atom stereocenters. The van der Waals surface area contributed by atoms with E-state index in [0.29, 0.717) is 5.57 Å². The Balaban J connectivity index is 2.05. The smallest absolute Gasteiger partial charge is 0.101 e. The van der Waals surface area contributed by atoms with E-state index >= 15 is 0 Å². The Bertz CT molecular complexity index is 905. The number of benzene rings is 3. The van der Waals surface area contributed by atoms with E-state index < -0.39 is 0 Å². The number of hydrogen-bond acceptors (Lipinski definition) is 3. The quantitative estimate of drug-likeness (QED) is 0.589. The van der Waals surface area contributed by atoms with Crippen molar-refractivity contribution in [2.75, 3.05) is 4.90 Å². The zero-order valence-electron chi connectivity index (χ0n) is 13.5. The van der Waals surface area contributed by atoms with Gasteiger partial charge in [0.15, 0.2) is 0 Å². The summed E-state index contributed by atoms with van der Waals surface area (Å²) >= 11 is 0. The topological polar surface area (TPSA) is 50.8 Å². The summed E-state index contributed by atoms with van der Waals surface area (Å²) in [5, 5.41) is 17.9. The first-order valence-corrected chi connectivity index (χ1v) is 7.84. The number of nitrogens with zero attached hydrogens (tertiary/aromatic N) is 3. The molecule has 0 saturated carbocycles. The molecule has 0 aliphatic carbocycles. The summed E-state index contributed by atoms with van der Waals surface area (Å²) in [5.74, 6) is 0. The summed E-state index contributed by atoms with van der Waals surface area (Å²) in [6, 6.07) is 31.8. The van der Waals surface area contributed by atoms with Crippen molar-refractivity contribution in [1.29, 1.82) is 10.5 Å². The highest BCUT2D eigenvalue weighted by molar-refractivity contribution is 5.81. The maximum Gasteiger partial charge on any atom is 0.101 e. The first-order chi connectivity index (χ1) is 12.3. The van der Waals surface area contributed by atoms with Gasteiger partial charge in [-0.25, -0.2) is 0 Å². The third-order valence-electron chi connectivity index (χ3n) is 3.79. The van der Waals surface area contributed by atoms with Crippen LogP contribution in [0.4, 0.5) is 17.1 Å². The number of hydrogen-bond donors (Lipinski definition) is 0. The molecule has 3 heteroatoms. The lowest BCUT2D eigenvalue weighted by Crippen LogP contribution is -2.09. The molecule has 0 N–H and O–H groups in total. The summed E-state index contributed by atoms with van der Waals surface area (Å²) < 4.78 is 0. The lowest BCUT2D eigenvalue weighted by Gasteiger charge is -2.25. The molecule has 0 saturated heterocycles. The van der Waals surface area contributed by atoms with Crippen LogP contribution < -0.4 is 4.90 Å². The van der Waals surface area contributed by atoms with Gasteiger partial charge >= 0.3 is 0 Å². The minimum absolute atomic E-state index is 0.361. The van der Waals surface area contributed by atoms with Gasteiger partial charge < -0.3 is 4.90 Å². The summed E-state index contributed by atoms with van der Waals surface area (Å²) in [4.78, 5) is 2.14. The van der Waals surface area contributed by atoms with Crippen molar-refractivity contribution in [2.45, 2.75) is 0 Å². The molecule has 0 amide bonds. The summed E-state index contributed by atoms with van der Waals surface area (Å²) in [6.45, 7) is 0. The van der Waals surface area contributed by atoms with E-state index in [4.69, 9.17) is 10.5 Å². The molecule has 118 valence electrons. The number of allylic oxidation sites excluding steroid dienone is 2. The molecule has 0 aromatic heterocycles. The van der Waals surface area contributed by atoms with Crippen LogP contribution in [0.2, 0.25) is 0 Å². The number of anilines is 3. The van der Waals surface area contributed by atoms with Crippen molar-refractivity contribution in [1.82, 2.24) is 0 Å². The lowest BCUT2D eigenvalue weighted by molar-refractivity contribution is 1.28. The second-order valence-corrected chi connectivity index (χ2v) is 5.35. The zero-order chi connectivity index (χ0) is 17.5. The Morgan fingerprint density at radius 3 is 1.60 bits per heavy atom. The molecule has 0 heterocycles. The van der Waals surface area contributed by atoms with E-state index in [-0.39, 0.29) is 0 Å². The molecule has 3 rings (SSSR count). The molecule has 0 aliphatic heterocycles. The number of nitriles is 2. The van der Waals surface area contributed by atoms with Crippen molar-refractivity contribution in [2.24, 2.45) is 0 Å². The average molecular weight is 321 g/mol. The van der Waals surface area contributed by atoms with E-state index in [0.717, 1.165) is 22.6 Å². The van der Waals surface area contributed by atoms with Crippen LogP contribution in [0.15, 0.2) is 91.0 Å². The molecule has 0 spiro atoms. The molecule has 3 nitrogen and oxygen atoms in total. The maximum atomic E-state index is 9.17. The van der Waals surface area contributed by atoms with Gasteiger partial charge in [0.25, 0.3) is 0 Å². The van der Waals surface area contributed by atoms with E-state index in [9.17, 15) is 0 Å². The minimum Gasteiger partial charge on any atom is -0.311 e. The van der Waals surface area contributed by atoms with Crippen LogP contribution in [-0.2, 0) is 0 Å². The van der Waals surface area contributed by atoms with E-state index in [1.54, 1.807) is 0 Å². The first kappa shape index (κ1) is 16.1. The molecule has 3 aromatic rings. The largest absolute Gasteiger partial charge is 0.311 e. The van der Waals surface area contributed by atoms with Crippen LogP contribution in [-0.4, -0.2) is 0 Å². The van der Waals surface area contributed by atoms with Crippen LogP contribution in [0.25, 0.3) is 5.57 Å². The molecule has 25 heavy (non-hydrogen) atoms. The molecule has 3 aromatic carbocycles. The fourth-order valence-corrected chi connectivity index (χ4v) is 2.64. The van der Waals surface area contributed by atoms with Crippen molar-refractivity contribution in [3.63, 3.8) is 0 Å². The second kappa shape index (κ2) is 7.64. The van der Waals surface area contributed by atoms with Crippen LogP contribution in [0.3, 0.4) is 0 Å². The van der Waals surface area contributed by atoms with Crippen molar-refractivity contribution >= 4 is 22.6 Å². The Morgan fingerprint density at radius 1 is 0.680 bits per heavy atom. The zero-order valence-corrected chi connectivity index (χ0v) is 13.5.